The second-order valence-corrected chi connectivity index (χ2v) is 4.50. The van der Waals surface area contributed by atoms with E-state index >= 15 is 0 Å². The Morgan fingerprint density at radius 1 is 1.08 bits per heavy atom. The third-order valence-corrected chi connectivity index (χ3v) is 3.41. The van der Waals surface area contributed by atoms with E-state index in [0.717, 1.165) is 25.0 Å². The smallest absolute Gasteiger partial charge is 0.0468 e. The molecule has 1 unspecified atom stereocenters. The number of rotatable bonds is 2. The molecule has 0 amide bonds. The van der Waals surface area contributed by atoms with Gasteiger partial charge in [-0.3, -0.25) is 0 Å². The van der Waals surface area contributed by atoms with Crippen LogP contribution in [0, 0.1) is 11.8 Å². The largest absolute Gasteiger partial charge is 0.381 e. The van der Waals surface area contributed by atoms with Gasteiger partial charge in [-0.2, -0.15) is 0 Å². The lowest BCUT2D eigenvalue weighted by atomic mass is 9.85. The summed E-state index contributed by atoms with van der Waals surface area (Å²) in [4.78, 5) is 0. The molecule has 2 heterocycles. The first-order valence-corrected chi connectivity index (χ1v) is 5.73. The van der Waals surface area contributed by atoms with Gasteiger partial charge in [0.15, 0.2) is 0 Å². The standard InChI is InChI=1S/C11H21NO/c1-2-11(9-12-5-1)8-10-3-6-13-7-4-10/h10-12H,1-9H2. The zero-order valence-electron chi connectivity index (χ0n) is 8.43. The van der Waals surface area contributed by atoms with Crippen LogP contribution in [0.2, 0.25) is 0 Å². The number of piperidine rings is 1. The molecule has 2 heteroatoms. The molecule has 0 aromatic rings. The van der Waals surface area contributed by atoms with Crippen LogP contribution in [0.4, 0.5) is 0 Å². The lowest BCUT2D eigenvalue weighted by molar-refractivity contribution is 0.0571. The van der Waals surface area contributed by atoms with Crippen molar-refractivity contribution >= 4 is 0 Å². The van der Waals surface area contributed by atoms with E-state index in [4.69, 9.17) is 4.74 Å². The lowest BCUT2D eigenvalue weighted by Gasteiger charge is -2.29. The van der Waals surface area contributed by atoms with Crippen LogP contribution in [0.3, 0.4) is 0 Å². The zero-order valence-corrected chi connectivity index (χ0v) is 8.43. The summed E-state index contributed by atoms with van der Waals surface area (Å²) < 4.78 is 5.37. The van der Waals surface area contributed by atoms with Crippen molar-refractivity contribution in [2.24, 2.45) is 11.8 Å². The van der Waals surface area contributed by atoms with Crippen molar-refractivity contribution in [3.8, 4) is 0 Å². The van der Waals surface area contributed by atoms with Crippen LogP contribution in [0.25, 0.3) is 0 Å². The van der Waals surface area contributed by atoms with Gasteiger partial charge in [0.05, 0.1) is 0 Å². The molecule has 2 rings (SSSR count). The predicted molar refractivity (Wildman–Crippen MR) is 53.8 cm³/mol. The Labute approximate surface area is 81.0 Å². The van der Waals surface area contributed by atoms with Crippen LogP contribution in [0.1, 0.15) is 32.1 Å². The van der Waals surface area contributed by atoms with Crippen LogP contribution in [-0.2, 0) is 4.74 Å². The maximum atomic E-state index is 5.37. The maximum absolute atomic E-state index is 5.37. The highest BCUT2D eigenvalue weighted by atomic mass is 16.5. The van der Waals surface area contributed by atoms with Crippen molar-refractivity contribution in [2.45, 2.75) is 32.1 Å². The summed E-state index contributed by atoms with van der Waals surface area (Å²) >= 11 is 0. The van der Waals surface area contributed by atoms with Gasteiger partial charge < -0.3 is 10.1 Å². The first-order valence-electron chi connectivity index (χ1n) is 5.73. The SMILES string of the molecule is C1CNCC(CC2CCOCC2)C1. The number of hydrogen-bond donors (Lipinski definition) is 1. The zero-order chi connectivity index (χ0) is 8.93. The molecular formula is C11H21NO. The molecule has 2 nitrogen and oxygen atoms in total. The fourth-order valence-electron chi connectivity index (χ4n) is 2.58. The third-order valence-electron chi connectivity index (χ3n) is 3.41. The van der Waals surface area contributed by atoms with E-state index in [1.54, 1.807) is 0 Å². The van der Waals surface area contributed by atoms with Gasteiger partial charge in [0.25, 0.3) is 0 Å². The quantitative estimate of drug-likeness (QED) is 0.705. The van der Waals surface area contributed by atoms with Gasteiger partial charge >= 0.3 is 0 Å². The predicted octanol–water partition coefficient (Wildman–Crippen LogP) is 1.80. The molecule has 0 bridgehead atoms. The lowest BCUT2D eigenvalue weighted by Crippen LogP contribution is -2.31. The van der Waals surface area contributed by atoms with Gasteiger partial charge in [-0.15, -0.1) is 0 Å². The van der Waals surface area contributed by atoms with E-state index in [1.165, 1.54) is 45.2 Å². The average Bonchev–Trinajstić information content (AvgIpc) is 2.21. The molecule has 0 aromatic carbocycles. The van der Waals surface area contributed by atoms with Gasteiger partial charge in [-0.25, -0.2) is 0 Å². The van der Waals surface area contributed by atoms with Crippen LogP contribution in [-0.4, -0.2) is 26.3 Å². The van der Waals surface area contributed by atoms with Gasteiger partial charge in [-0.05, 0) is 57.0 Å². The molecule has 0 aliphatic carbocycles. The van der Waals surface area contributed by atoms with E-state index in [-0.39, 0.29) is 0 Å². The fraction of sp³-hybridized carbons (Fsp3) is 1.00. The number of hydrogen-bond acceptors (Lipinski definition) is 2. The van der Waals surface area contributed by atoms with Crippen LogP contribution in [0.15, 0.2) is 0 Å². The second kappa shape index (κ2) is 4.97. The Bertz CT molecular complexity index is 121. The van der Waals surface area contributed by atoms with Gasteiger partial charge in [0.1, 0.15) is 0 Å². The van der Waals surface area contributed by atoms with Gasteiger partial charge in [0, 0.05) is 13.2 Å². The Morgan fingerprint density at radius 3 is 2.62 bits per heavy atom. The van der Waals surface area contributed by atoms with Crippen molar-refractivity contribution < 1.29 is 4.74 Å². The Balaban J connectivity index is 1.69. The molecule has 13 heavy (non-hydrogen) atoms. The minimum Gasteiger partial charge on any atom is -0.381 e. The van der Waals surface area contributed by atoms with Crippen molar-refractivity contribution in [2.75, 3.05) is 26.3 Å². The Hall–Kier alpha value is -0.0800. The highest BCUT2D eigenvalue weighted by molar-refractivity contribution is 4.74. The van der Waals surface area contributed by atoms with Crippen molar-refractivity contribution in [1.82, 2.24) is 5.32 Å². The molecule has 2 saturated heterocycles. The van der Waals surface area contributed by atoms with E-state index in [0.29, 0.717) is 0 Å². The van der Waals surface area contributed by atoms with Gasteiger partial charge in [-0.1, -0.05) is 0 Å². The summed E-state index contributed by atoms with van der Waals surface area (Å²) in [6, 6.07) is 0. The van der Waals surface area contributed by atoms with Crippen molar-refractivity contribution in [1.29, 1.82) is 0 Å². The molecular weight excluding hydrogens is 162 g/mol. The summed E-state index contributed by atoms with van der Waals surface area (Å²) in [5.41, 5.74) is 0. The Kier molecular flexibility index (Phi) is 3.62. The normalized spacial score (nSPS) is 31.8. The Morgan fingerprint density at radius 2 is 1.92 bits per heavy atom. The molecule has 0 aromatic heterocycles. The molecule has 1 atom stereocenters. The molecule has 0 saturated carbocycles. The minimum atomic E-state index is 0.955. The summed E-state index contributed by atoms with van der Waals surface area (Å²) in [7, 11) is 0. The van der Waals surface area contributed by atoms with E-state index in [9.17, 15) is 0 Å². The monoisotopic (exact) mass is 183 g/mol. The fourth-order valence-corrected chi connectivity index (χ4v) is 2.58. The molecule has 2 fully saturated rings. The van der Waals surface area contributed by atoms with Gasteiger partial charge in [0.2, 0.25) is 0 Å². The first-order chi connectivity index (χ1) is 6.45. The van der Waals surface area contributed by atoms with E-state index in [1.807, 2.05) is 0 Å². The summed E-state index contributed by atoms with van der Waals surface area (Å²) in [6.45, 7) is 4.51. The summed E-state index contributed by atoms with van der Waals surface area (Å²) in [5, 5.41) is 3.49. The highest BCUT2D eigenvalue weighted by Gasteiger charge is 2.20. The average molecular weight is 183 g/mol. The van der Waals surface area contributed by atoms with Crippen LogP contribution >= 0.6 is 0 Å². The topological polar surface area (TPSA) is 21.3 Å². The van der Waals surface area contributed by atoms with Crippen molar-refractivity contribution in [3.63, 3.8) is 0 Å². The minimum absolute atomic E-state index is 0.955. The van der Waals surface area contributed by atoms with Crippen LogP contribution < -0.4 is 5.32 Å². The number of ether oxygens (including phenoxy) is 1. The number of nitrogens with one attached hydrogen (secondary N) is 1. The van der Waals surface area contributed by atoms with Crippen molar-refractivity contribution in [3.05, 3.63) is 0 Å². The molecule has 1 N–H and O–H groups in total. The molecule has 0 radical (unpaired) electrons. The third kappa shape index (κ3) is 2.96. The summed E-state index contributed by atoms with van der Waals surface area (Å²) in [6.07, 6.45) is 6.88. The van der Waals surface area contributed by atoms with E-state index < -0.39 is 0 Å². The van der Waals surface area contributed by atoms with Crippen LogP contribution in [0.5, 0.6) is 0 Å². The molecule has 76 valence electrons. The first kappa shape index (κ1) is 9.47. The maximum Gasteiger partial charge on any atom is 0.0468 e. The molecule has 2 aliphatic rings. The highest BCUT2D eigenvalue weighted by Crippen LogP contribution is 2.26. The summed E-state index contributed by atoms with van der Waals surface area (Å²) in [5.74, 6) is 1.91. The molecule has 0 spiro atoms. The molecule has 2 aliphatic heterocycles. The van der Waals surface area contributed by atoms with E-state index in [2.05, 4.69) is 5.32 Å². The second-order valence-electron chi connectivity index (χ2n) is 4.50.